The smallest absolute Gasteiger partial charge is 0.0850 e. The van der Waals surface area contributed by atoms with Crippen molar-refractivity contribution >= 4 is 0 Å². The minimum atomic E-state index is 0.280. The van der Waals surface area contributed by atoms with Gasteiger partial charge in [0.1, 0.15) is 0 Å². The van der Waals surface area contributed by atoms with Crippen molar-refractivity contribution in [1.29, 1.82) is 0 Å². The van der Waals surface area contributed by atoms with E-state index in [2.05, 4.69) is 15.3 Å². The molecule has 1 aliphatic rings. The first kappa shape index (κ1) is 7.72. The highest BCUT2D eigenvalue weighted by atomic mass is 16.6. The van der Waals surface area contributed by atoms with E-state index in [4.69, 9.17) is 5.90 Å². The Bertz CT molecular complexity index is 260. The SMILES string of the molecule is NOC[C@H]1Cn2nccc2CN1. The van der Waals surface area contributed by atoms with E-state index in [0.717, 1.165) is 13.1 Å². The average Bonchev–Trinajstić information content (AvgIpc) is 2.51. The third kappa shape index (κ3) is 1.34. The summed E-state index contributed by atoms with van der Waals surface area (Å²) in [5, 5.41) is 7.47. The van der Waals surface area contributed by atoms with Crippen molar-refractivity contribution in [2.75, 3.05) is 6.61 Å². The number of nitrogens with one attached hydrogen (secondary N) is 1. The van der Waals surface area contributed by atoms with E-state index in [-0.39, 0.29) is 6.04 Å². The van der Waals surface area contributed by atoms with Gasteiger partial charge < -0.3 is 10.2 Å². The second kappa shape index (κ2) is 3.22. The molecule has 2 rings (SSSR count). The zero-order chi connectivity index (χ0) is 8.39. The Morgan fingerprint density at radius 1 is 1.83 bits per heavy atom. The number of nitrogens with two attached hydrogens (primary N) is 1. The summed E-state index contributed by atoms with van der Waals surface area (Å²) in [5.41, 5.74) is 1.21. The van der Waals surface area contributed by atoms with Crippen LogP contribution in [-0.2, 0) is 17.9 Å². The van der Waals surface area contributed by atoms with Crippen LogP contribution >= 0.6 is 0 Å². The fourth-order valence-electron chi connectivity index (χ4n) is 1.42. The van der Waals surface area contributed by atoms with Crippen molar-refractivity contribution in [3.63, 3.8) is 0 Å². The molecule has 66 valence electrons. The lowest BCUT2D eigenvalue weighted by Crippen LogP contribution is -2.42. The normalized spacial score (nSPS) is 22.2. The van der Waals surface area contributed by atoms with Gasteiger partial charge in [-0.15, -0.1) is 0 Å². The number of hydrogen-bond acceptors (Lipinski definition) is 4. The molecule has 0 unspecified atom stereocenters. The second-order valence-corrected chi connectivity index (χ2v) is 2.92. The molecule has 1 atom stereocenters. The van der Waals surface area contributed by atoms with E-state index >= 15 is 0 Å². The van der Waals surface area contributed by atoms with E-state index in [1.54, 1.807) is 0 Å². The number of fused-ring (bicyclic) bond motifs is 1. The van der Waals surface area contributed by atoms with Gasteiger partial charge in [-0.05, 0) is 6.07 Å². The molecule has 0 aliphatic carbocycles. The Morgan fingerprint density at radius 2 is 2.75 bits per heavy atom. The summed E-state index contributed by atoms with van der Waals surface area (Å²) in [6.45, 7) is 2.20. The minimum absolute atomic E-state index is 0.280. The quantitative estimate of drug-likeness (QED) is 0.570. The Hall–Kier alpha value is -0.910. The molecule has 0 saturated heterocycles. The van der Waals surface area contributed by atoms with Crippen molar-refractivity contribution in [3.05, 3.63) is 18.0 Å². The predicted molar refractivity (Wildman–Crippen MR) is 43.0 cm³/mol. The summed E-state index contributed by atoms with van der Waals surface area (Å²) in [6.07, 6.45) is 1.81. The van der Waals surface area contributed by atoms with Crippen LogP contribution in [0.3, 0.4) is 0 Å². The average molecular weight is 168 g/mol. The van der Waals surface area contributed by atoms with Gasteiger partial charge in [-0.2, -0.15) is 5.10 Å². The van der Waals surface area contributed by atoms with Crippen LogP contribution in [0.5, 0.6) is 0 Å². The molecule has 0 radical (unpaired) electrons. The largest absolute Gasteiger partial charge is 0.304 e. The fourth-order valence-corrected chi connectivity index (χ4v) is 1.42. The first-order valence-corrected chi connectivity index (χ1v) is 3.96. The van der Waals surface area contributed by atoms with Gasteiger partial charge in [-0.1, -0.05) is 0 Å². The van der Waals surface area contributed by atoms with Gasteiger partial charge >= 0.3 is 0 Å². The Balaban J connectivity index is 2.05. The maximum atomic E-state index is 4.98. The topological polar surface area (TPSA) is 65.1 Å². The molecule has 5 heteroatoms. The van der Waals surface area contributed by atoms with Gasteiger partial charge in [0.2, 0.25) is 0 Å². The molecule has 0 aromatic carbocycles. The fraction of sp³-hybridized carbons (Fsp3) is 0.571. The molecule has 1 aromatic heterocycles. The first-order valence-electron chi connectivity index (χ1n) is 3.96. The molecule has 1 aliphatic heterocycles. The first-order chi connectivity index (χ1) is 5.90. The number of aromatic nitrogens is 2. The molecule has 0 amide bonds. The summed E-state index contributed by atoms with van der Waals surface area (Å²) in [5.74, 6) is 4.98. The maximum absolute atomic E-state index is 4.98. The highest BCUT2D eigenvalue weighted by molar-refractivity contribution is 5.03. The van der Waals surface area contributed by atoms with Crippen LogP contribution in [0.15, 0.2) is 12.3 Å². The van der Waals surface area contributed by atoms with Crippen LogP contribution in [0.25, 0.3) is 0 Å². The van der Waals surface area contributed by atoms with Crippen LogP contribution in [0.2, 0.25) is 0 Å². The molecular weight excluding hydrogens is 156 g/mol. The Kier molecular flexibility index (Phi) is 2.07. The second-order valence-electron chi connectivity index (χ2n) is 2.92. The van der Waals surface area contributed by atoms with E-state index in [9.17, 15) is 0 Å². The van der Waals surface area contributed by atoms with Crippen LogP contribution in [-0.4, -0.2) is 22.4 Å². The number of nitrogens with zero attached hydrogens (tertiary/aromatic N) is 2. The predicted octanol–water partition coefficient (Wildman–Crippen LogP) is -0.755. The molecular formula is C7H12N4O. The highest BCUT2D eigenvalue weighted by Gasteiger charge is 2.17. The van der Waals surface area contributed by atoms with Crippen LogP contribution < -0.4 is 11.2 Å². The van der Waals surface area contributed by atoms with Gasteiger partial charge in [0.05, 0.1) is 24.9 Å². The van der Waals surface area contributed by atoms with E-state index in [1.807, 2.05) is 16.9 Å². The maximum Gasteiger partial charge on any atom is 0.0850 e. The molecule has 1 aromatic rings. The Labute approximate surface area is 70.4 Å². The van der Waals surface area contributed by atoms with Gasteiger partial charge in [0, 0.05) is 12.7 Å². The molecule has 3 N–H and O–H groups in total. The molecule has 0 saturated carbocycles. The van der Waals surface area contributed by atoms with Crippen molar-refractivity contribution < 1.29 is 4.84 Å². The third-order valence-electron chi connectivity index (χ3n) is 2.07. The van der Waals surface area contributed by atoms with Gasteiger partial charge in [0.15, 0.2) is 0 Å². The third-order valence-corrected chi connectivity index (χ3v) is 2.07. The molecule has 0 fully saturated rings. The monoisotopic (exact) mass is 168 g/mol. The zero-order valence-electron chi connectivity index (χ0n) is 6.73. The summed E-state index contributed by atoms with van der Waals surface area (Å²) < 4.78 is 1.97. The zero-order valence-corrected chi connectivity index (χ0v) is 6.73. The van der Waals surface area contributed by atoms with Crippen LogP contribution in [0.4, 0.5) is 0 Å². The van der Waals surface area contributed by atoms with Gasteiger partial charge in [0.25, 0.3) is 0 Å². The van der Waals surface area contributed by atoms with Gasteiger partial charge in [-0.25, -0.2) is 5.90 Å². The summed E-state index contributed by atoms with van der Waals surface area (Å²) in [4.78, 5) is 4.57. The number of hydrogen-bond donors (Lipinski definition) is 2. The minimum Gasteiger partial charge on any atom is -0.304 e. The highest BCUT2D eigenvalue weighted by Crippen LogP contribution is 2.06. The standard InChI is InChI=1S/C7H12N4O/c8-12-5-6-4-11-7(3-9-6)1-2-10-11/h1-2,6,9H,3-5,8H2/t6-/m1/s1. The number of rotatable bonds is 2. The lowest BCUT2D eigenvalue weighted by Gasteiger charge is -2.23. The molecule has 0 spiro atoms. The molecule has 5 nitrogen and oxygen atoms in total. The Morgan fingerprint density at radius 3 is 3.58 bits per heavy atom. The summed E-state index contributed by atoms with van der Waals surface area (Å²) in [7, 11) is 0. The van der Waals surface area contributed by atoms with E-state index in [0.29, 0.717) is 6.61 Å². The van der Waals surface area contributed by atoms with Crippen LogP contribution in [0, 0.1) is 0 Å². The summed E-state index contributed by atoms with van der Waals surface area (Å²) >= 11 is 0. The molecule has 12 heavy (non-hydrogen) atoms. The van der Waals surface area contributed by atoms with Gasteiger partial charge in [-0.3, -0.25) is 4.68 Å². The van der Waals surface area contributed by atoms with Crippen LogP contribution in [0.1, 0.15) is 5.69 Å². The molecule has 0 bridgehead atoms. The lowest BCUT2D eigenvalue weighted by molar-refractivity contribution is 0.101. The van der Waals surface area contributed by atoms with Crippen molar-refractivity contribution in [3.8, 4) is 0 Å². The van der Waals surface area contributed by atoms with E-state index < -0.39 is 0 Å². The van der Waals surface area contributed by atoms with Crippen molar-refractivity contribution in [2.24, 2.45) is 5.90 Å². The lowest BCUT2D eigenvalue weighted by atomic mass is 10.2. The summed E-state index contributed by atoms with van der Waals surface area (Å²) in [6, 6.07) is 2.29. The molecule has 2 heterocycles. The van der Waals surface area contributed by atoms with Crippen molar-refractivity contribution in [2.45, 2.75) is 19.1 Å². The van der Waals surface area contributed by atoms with E-state index in [1.165, 1.54) is 5.69 Å². The van der Waals surface area contributed by atoms with Crippen molar-refractivity contribution in [1.82, 2.24) is 15.1 Å².